The van der Waals surface area contributed by atoms with E-state index >= 15 is 0 Å². The van der Waals surface area contributed by atoms with Crippen LogP contribution in [-0.2, 0) is 0 Å². The molecular formula is C32H62SSn2. The summed E-state index contributed by atoms with van der Waals surface area (Å²) in [6.07, 6.45) is 42.0. The fourth-order valence-electron chi connectivity index (χ4n) is 9.54. The van der Waals surface area contributed by atoms with Gasteiger partial charge in [0.1, 0.15) is 0 Å². The van der Waals surface area contributed by atoms with Gasteiger partial charge in [0.05, 0.1) is 0 Å². The molecule has 0 unspecified atom stereocenters. The quantitative estimate of drug-likeness (QED) is 0.181. The summed E-state index contributed by atoms with van der Waals surface area (Å²) in [4.78, 5) is 0. The molecule has 0 aliphatic heterocycles. The fraction of sp³-hybridized carbons (Fsp3) is 1.00. The first-order valence-corrected chi connectivity index (χ1v) is 35.4. The van der Waals surface area contributed by atoms with E-state index in [1.807, 2.05) is 8.87 Å². The molecule has 0 heterocycles. The third-order valence-corrected chi connectivity index (χ3v) is 103. The maximum absolute atomic E-state index is 3.21. The van der Waals surface area contributed by atoms with Crippen LogP contribution in [0.3, 0.4) is 0 Å². The Morgan fingerprint density at radius 2 is 0.686 bits per heavy atom. The Hall–Kier alpha value is 1.95. The molecule has 35 heavy (non-hydrogen) atoms. The van der Waals surface area contributed by atoms with Gasteiger partial charge in [-0.05, 0) is 0 Å². The van der Waals surface area contributed by atoms with Gasteiger partial charge in [-0.15, -0.1) is 0 Å². The van der Waals surface area contributed by atoms with Crippen LogP contribution in [0.5, 0.6) is 0 Å². The fourth-order valence-corrected chi connectivity index (χ4v) is 153. The first-order chi connectivity index (χ1) is 17.2. The van der Waals surface area contributed by atoms with E-state index in [1.165, 1.54) is 28.6 Å². The van der Waals surface area contributed by atoms with E-state index < -0.39 is 34.0 Å². The van der Waals surface area contributed by atoms with E-state index in [0.717, 1.165) is 0 Å². The molecule has 4 rings (SSSR count). The maximum atomic E-state index is 3.21. The van der Waals surface area contributed by atoms with Crippen LogP contribution in [0.15, 0.2) is 0 Å². The first-order valence-electron chi connectivity index (χ1n) is 17.0. The van der Waals surface area contributed by atoms with Crippen LogP contribution < -0.4 is 0 Å². The molecule has 0 bridgehead atoms. The molecule has 0 atom stereocenters. The number of rotatable bonds is 12. The van der Waals surface area contributed by atoms with Gasteiger partial charge in [-0.2, -0.15) is 0 Å². The second-order valence-electron chi connectivity index (χ2n) is 13.6. The molecule has 0 aromatic heterocycles. The van der Waals surface area contributed by atoms with Crippen molar-refractivity contribution in [2.45, 2.75) is 193 Å². The van der Waals surface area contributed by atoms with Crippen molar-refractivity contribution >= 4 is 40.1 Å². The van der Waals surface area contributed by atoms with Crippen molar-refractivity contribution in [3.05, 3.63) is 0 Å². The third-order valence-electron chi connectivity index (χ3n) is 11.4. The standard InChI is InChI=1S/4C6H11.2C4H9.S.2Sn/c4*1-2-4-6-5-3-1;2*1-3-4-2;;;/h4*1H,2-6H2;2*1,3-4H2,2H3;;;. The molecule has 0 saturated heterocycles. The zero-order valence-corrected chi connectivity index (χ0v) is 30.6. The average molecular weight is 716 g/mol. The number of hydrogen-bond acceptors (Lipinski definition) is 1. The first kappa shape index (κ1) is 29.9. The topological polar surface area (TPSA) is 0 Å². The van der Waals surface area contributed by atoms with Crippen molar-refractivity contribution < 1.29 is 0 Å². The van der Waals surface area contributed by atoms with Crippen molar-refractivity contribution in [1.82, 2.24) is 0 Å². The monoisotopic (exact) mass is 718 g/mol. The van der Waals surface area contributed by atoms with Gasteiger partial charge < -0.3 is 0 Å². The van der Waals surface area contributed by atoms with Crippen molar-refractivity contribution in [3.8, 4) is 0 Å². The Labute approximate surface area is 230 Å². The summed E-state index contributed by atoms with van der Waals surface area (Å²) in [5.74, 6) is 0. The Morgan fingerprint density at radius 1 is 0.429 bits per heavy atom. The number of unbranched alkanes of at least 4 members (excludes halogenated alkanes) is 2. The van der Waals surface area contributed by atoms with Gasteiger partial charge in [-0.25, -0.2) is 0 Å². The molecule has 3 heteroatoms. The normalized spacial score (nSPS) is 25.2. The van der Waals surface area contributed by atoms with Crippen LogP contribution >= 0.6 is 6.13 Å². The molecule has 4 saturated carbocycles. The zero-order chi connectivity index (χ0) is 24.4. The van der Waals surface area contributed by atoms with Gasteiger partial charge in [0.15, 0.2) is 0 Å². The Morgan fingerprint density at radius 3 is 0.914 bits per heavy atom. The van der Waals surface area contributed by atoms with E-state index in [0.29, 0.717) is 0 Å². The molecule has 0 aromatic carbocycles. The molecule has 4 fully saturated rings. The van der Waals surface area contributed by atoms with Crippen LogP contribution in [0.25, 0.3) is 0 Å². The van der Waals surface area contributed by atoms with Crippen molar-refractivity contribution in [1.29, 1.82) is 0 Å². The van der Waals surface area contributed by atoms with Crippen LogP contribution in [0, 0.1) is 0 Å². The average Bonchev–Trinajstić information content (AvgIpc) is 2.95. The Bertz CT molecular complexity index is 482. The molecule has 204 valence electrons. The predicted molar refractivity (Wildman–Crippen MR) is 166 cm³/mol. The van der Waals surface area contributed by atoms with Crippen molar-refractivity contribution in [2.24, 2.45) is 0 Å². The second kappa shape index (κ2) is 15.7. The molecule has 4 aliphatic rings. The van der Waals surface area contributed by atoms with Crippen molar-refractivity contribution in [3.63, 3.8) is 0 Å². The third kappa shape index (κ3) is 7.58. The minimum atomic E-state index is -2.41. The molecule has 0 N–H and O–H groups in total. The van der Waals surface area contributed by atoms with Crippen LogP contribution in [-0.4, -0.2) is 34.0 Å². The van der Waals surface area contributed by atoms with Gasteiger partial charge in [-0.1, -0.05) is 0 Å². The molecule has 4 aliphatic carbocycles. The SMILES string of the molecule is CCC[CH2][Sn]([S][Sn]([CH2]CCC)([CH]1CCCCC1)[CH]1CCCCC1)([CH]1CCCCC1)[CH]1CCCCC1. The molecule has 0 radical (unpaired) electrons. The molecule has 0 amide bonds. The van der Waals surface area contributed by atoms with Crippen LogP contribution in [0.1, 0.15) is 168 Å². The van der Waals surface area contributed by atoms with Gasteiger partial charge in [-0.3, -0.25) is 0 Å². The molecular weight excluding hydrogens is 654 g/mol. The summed E-state index contributed by atoms with van der Waals surface area (Å²) in [5.41, 5.74) is 0. The Balaban J connectivity index is 1.77. The van der Waals surface area contributed by atoms with E-state index in [1.54, 1.807) is 141 Å². The van der Waals surface area contributed by atoms with E-state index in [4.69, 9.17) is 0 Å². The Kier molecular flexibility index (Phi) is 13.4. The second-order valence-corrected chi connectivity index (χ2v) is 60.5. The van der Waals surface area contributed by atoms with Gasteiger partial charge >= 0.3 is 233 Å². The summed E-state index contributed by atoms with van der Waals surface area (Å²) in [6, 6.07) is 0. The molecule has 0 aromatic rings. The zero-order valence-electron chi connectivity index (χ0n) is 24.1. The van der Waals surface area contributed by atoms with Crippen LogP contribution in [0.2, 0.25) is 24.6 Å². The summed E-state index contributed by atoms with van der Waals surface area (Å²) >= 11 is -4.81. The van der Waals surface area contributed by atoms with E-state index in [2.05, 4.69) is 20.0 Å². The number of hydrogen-bond donors (Lipinski definition) is 0. The minimum absolute atomic E-state index is 1.28. The molecule has 0 spiro atoms. The molecule has 0 nitrogen and oxygen atoms in total. The summed E-state index contributed by atoms with van der Waals surface area (Å²) in [7, 11) is 0. The summed E-state index contributed by atoms with van der Waals surface area (Å²) in [6.45, 7) is 5.05. The van der Waals surface area contributed by atoms with E-state index in [-0.39, 0.29) is 0 Å². The van der Waals surface area contributed by atoms with Gasteiger partial charge in [0.25, 0.3) is 0 Å². The summed E-state index contributed by atoms with van der Waals surface area (Å²) in [5, 5.41) is 0. The predicted octanol–water partition coefficient (Wildman–Crippen LogP) is 12.5. The van der Waals surface area contributed by atoms with Crippen LogP contribution in [0.4, 0.5) is 0 Å². The van der Waals surface area contributed by atoms with Gasteiger partial charge in [0, 0.05) is 0 Å². The summed E-state index contributed by atoms with van der Waals surface area (Å²) < 4.78 is 8.75. The van der Waals surface area contributed by atoms with Crippen molar-refractivity contribution in [2.75, 3.05) is 0 Å². The van der Waals surface area contributed by atoms with E-state index in [9.17, 15) is 0 Å². The van der Waals surface area contributed by atoms with Gasteiger partial charge in [0.2, 0.25) is 0 Å².